The van der Waals surface area contributed by atoms with Crippen LogP contribution in [-0.2, 0) is 32.7 Å². The van der Waals surface area contributed by atoms with Gasteiger partial charge in [-0.15, -0.1) is 0 Å². The molecule has 2 unspecified atom stereocenters. The highest BCUT2D eigenvalue weighted by Gasteiger charge is 2.22. The number of nitrogens with zero attached hydrogens (tertiary/aromatic N) is 1. The van der Waals surface area contributed by atoms with E-state index in [0.29, 0.717) is 17.4 Å². The molecule has 0 fully saturated rings. The maximum Gasteiger partial charge on any atom is 0.306 e. The molecular weight excluding hydrogens is 966 g/mol. The number of phosphoric acid groups is 1. The molecule has 0 bridgehead atoms. The molecule has 0 saturated carbocycles. The number of unbranched alkanes of at least 4 members (excludes halogenated alkanes) is 50. The van der Waals surface area contributed by atoms with Gasteiger partial charge >= 0.3 is 11.9 Å². The fraction of sp³-hybridized carbons (Fsp3) is 0.970. The normalized spacial score (nSPS) is 13.1. The van der Waals surface area contributed by atoms with Gasteiger partial charge in [-0.1, -0.05) is 335 Å². The largest absolute Gasteiger partial charge is 0.756 e. The average Bonchev–Trinajstić information content (AvgIpc) is 3.38. The lowest BCUT2D eigenvalue weighted by molar-refractivity contribution is -0.870. The van der Waals surface area contributed by atoms with E-state index in [1.165, 1.54) is 295 Å². The van der Waals surface area contributed by atoms with Crippen LogP contribution in [0.15, 0.2) is 0 Å². The van der Waals surface area contributed by atoms with Crippen molar-refractivity contribution in [3.8, 4) is 0 Å². The first kappa shape index (κ1) is 75.0. The molecule has 0 aromatic rings. The van der Waals surface area contributed by atoms with E-state index in [2.05, 4.69) is 13.8 Å². The predicted octanol–water partition coefficient (Wildman–Crippen LogP) is 20.8. The summed E-state index contributed by atoms with van der Waals surface area (Å²) in [6.45, 7) is 4.31. The summed E-state index contributed by atoms with van der Waals surface area (Å²) in [6.07, 6.45) is 69.3. The fourth-order valence-electron chi connectivity index (χ4n) is 10.4. The predicted molar refractivity (Wildman–Crippen MR) is 324 cm³/mol. The standard InChI is InChI=1S/C66H132NO8P/c1-6-8-10-12-14-16-18-20-21-22-23-24-25-26-27-28-29-30-31-32-33-34-35-36-37-38-39-40-41-42-43-44-45-47-49-51-53-55-57-59-66(69)75-64(63-74-76(70,71)73-61-60-67(3,4)5)62-72-65(68)58-56-54-52-50-48-46-19-17-15-13-11-9-7-2/h64H,6-63H2,1-5H3. The maximum absolute atomic E-state index is 12.8. The molecule has 0 aromatic heterocycles. The van der Waals surface area contributed by atoms with Gasteiger partial charge in [0.1, 0.15) is 19.8 Å². The second-order valence-corrected chi connectivity index (χ2v) is 26.0. The van der Waals surface area contributed by atoms with Crippen LogP contribution in [0.3, 0.4) is 0 Å². The molecule has 0 saturated heterocycles. The number of ether oxygens (including phenoxy) is 2. The molecule has 0 heterocycles. The summed E-state index contributed by atoms with van der Waals surface area (Å²) in [5, 5.41) is 0. The Morgan fingerprint density at radius 2 is 0.592 bits per heavy atom. The van der Waals surface area contributed by atoms with Gasteiger partial charge in [-0.2, -0.15) is 0 Å². The zero-order valence-corrected chi connectivity index (χ0v) is 52.6. The van der Waals surface area contributed by atoms with Crippen LogP contribution in [0, 0.1) is 0 Å². The summed E-state index contributed by atoms with van der Waals surface area (Å²) in [6, 6.07) is 0. The maximum atomic E-state index is 12.8. The molecule has 0 amide bonds. The van der Waals surface area contributed by atoms with Gasteiger partial charge in [0, 0.05) is 12.8 Å². The molecular formula is C66H132NO8P. The van der Waals surface area contributed by atoms with E-state index in [1.54, 1.807) is 0 Å². The lowest BCUT2D eigenvalue weighted by atomic mass is 10.0. The van der Waals surface area contributed by atoms with Gasteiger partial charge in [-0.05, 0) is 12.8 Å². The summed E-state index contributed by atoms with van der Waals surface area (Å²) in [5.41, 5.74) is 0. The van der Waals surface area contributed by atoms with Gasteiger partial charge < -0.3 is 27.9 Å². The number of phosphoric ester groups is 1. The van der Waals surface area contributed by atoms with Crippen LogP contribution >= 0.6 is 7.82 Å². The van der Waals surface area contributed by atoms with Crippen molar-refractivity contribution in [3.05, 3.63) is 0 Å². The van der Waals surface area contributed by atoms with Gasteiger partial charge in [0.15, 0.2) is 6.10 Å². The molecule has 0 N–H and O–H groups in total. The zero-order chi connectivity index (χ0) is 55.6. The van der Waals surface area contributed by atoms with Crippen LogP contribution in [-0.4, -0.2) is 70.0 Å². The van der Waals surface area contributed by atoms with Crippen molar-refractivity contribution in [2.75, 3.05) is 47.5 Å². The Balaban J connectivity index is 3.81. The van der Waals surface area contributed by atoms with Gasteiger partial charge in [0.25, 0.3) is 7.82 Å². The average molecular weight is 1100 g/mol. The Kier molecular flexibility index (Phi) is 57.9. The Labute approximate surface area is 474 Å². The second-order valence-electron chi connectivity index (χ2n) is 24.6. The number of likely N-dealkylation sites (N-methyl/N-ethyl adjacent to an activating group) is 1. The first-order chi connectivity index (χ1) is 37.0. The SMILES string of the molecule is CCCCCCCCCCCCCCCCCCCCCCCCCCCCCCCCCCCCCCCCCC(=O)OC(COC(=O)CCCCCCCCCCCCCCC)COP(=O)([O-])OCC[N+](C)(C)C. The third-order valence-corrected chi connectivity index (χ3v) is 16.6. The van der Waals surface area contributed by atoms with Crippen LogP contribution in [0.2, 0.25) is 0 Å². The molecule has 9 nitrogen and oxygen atoms in total. The van der Waals surface area contributed by atoms with E-state index in [9.17, 15) is 19.0 Å². The molecule has 0 spiro atoms. The van der Waals surface area contributed by atoms with Crippen LogP contribution in [0.4, 0.5) is 0 Å². The van der Waals surface area contributed by atoms with E-state index in [-0.39, 0.29) is 32.0 Å². The lowest BCUT2D eigenvalue weighted by Crippen LogP contribution is -2.37. The Hall–Kier alpha value is -0.990. The molecule has 0 radical (unpaired) electrons. The van der Waals surface area contributed by atoms with Crippen molar-refractivity contribution < 1.29 is 42.1 Å². The highest BCUT2D eigenvalue weighted by atomic mass is 31.2. The van der Waals surface area contributed by atoms with Crippen molar-refractivity contribution >= 4 is 19.8 Å². The third-order valence-electron chi connectivity index (χ3n) is 15.6. The molecule has 0 aliphatic rings. The Morgan fingerprint density at radius 1 is 0.355 bits per heavy atom. The number of hydrogen-bond donors (Lipinski definition) is 0. The van der Waals surface area contributed by atoms with Crippen LogP contribution in [0.5, 0.6) is 0 Å². The first-order valence-electron chi connectivity index (χ1n) is 33.7. The van der Waals surface area contributed by atoms with Crippen molar-refractivity contribution in [1.29, 1.82) is 0 Å². The highest BCUT2D eigenvalue weighted by Crippen LogP contribution is 2.38. The number of esters is 2. The summed E-state index contributed by atoms with van der Waals surface area (Å²) >= 11 is 0. The third kappa shape index (κ3) is 62.2. The topological polar surface area (TPSA) is 111 Å². The fourth-order valence-corrected chi connectivity index (χ4v) is 11.2. The summed E-state index contributed by atoms with van der Waals surface area (Å²) in [5.74, 6) is -0.810. The van der Waals surface area contributed by atoms with Gasteiger partial charge in [0.2, 0.25) is 0 Å². The van der Waals surface area contributed by atoms with E-state index in [4.69, 9.17) is 18.5 Å². The van der Waals surface area contributed by atoms with Gasteiger partial charge in [-0.3, -0.25) is 14.2 Å². The van der Waals surface area contributed by atoms with Gasteiger partial charge in [0.05, 0.1) is 27.7 Å². The molecule has 10 heteroatoms. The first-order valence-corrected chi connectivity index (χ1v) is 35.2. The molecule has 76 heavy (non-hydrogen) atoms. The smallest absolute Gasteiger partial charge is 0.306 e. The van der Waals surface area contributed by atoms with Gasteiger partial charge in [-0.25, -0.2) is 0 Å². The van der Waals surface area contributed by atoms with Crippen molar-refractivity contribution in [2.45, 2.75) is 367 Å². The van der Waals surface area contributed by atoms with Crippen LogP contribution in [0.1, 0.15) is 361 Å². The number of rotatable bonds is 64. The number of hydrogen-bond acceptors (Lipinski definition) is 8. The number of carbonyl (C=O) groups is 2. The molecule has 0 aliphatic carbocycles. The highest BCUT2D eigenvalue weighted by molar-refractivity contribution is 7.45. The minimum absolute atomic E-state index is 0.0252. The van der Waals surface area contributed by atoms with E-state index in [1.807, 2.05) is 21.1 Å². The quantitative estimate of drug-likeness (QED) is 0.0256. The minimum atomic E-state index is -4.63. The lowest BCUT2D eigenvalue weighted by Gasteiger charge is -2.28. The summed E-state index contributed by atoms with van der Waals surface area (Å²) in [7, 11) is 1.19. The Morgan fingerprint density at radius 3 is 0.842 bits per heavy atom. The van der Waals surface area contributed by atoms with E-state index < -0.39 is 26.5 Å². The molecule has 454 valence electrons. The minimum Gasteiger partial charge on any atom is -0.756 e. The molecule has 2 atom stereocenters. The van der Waals surface area contributed by atoms with E-state index >= 15 is 0 Å². The number of carbonyl (C=O) groups excluding carboxylic acids is 2. The molecule has 0 aliphatic heterocycles. The Bertz CT molecular complexity index is 1240. The zero-order valence-electron chi connectivity index (χ0n) is 51.7. The second kappa shape index (κ2) is 58.7. The summed E-state index contributed by atoms with van der Waals surface area (Å²) in [4.78, 5) is 37.8. The van der Waals surface area contributed by atoms with Crippen LogP contribution < -0.4 is 4.89 Å². The number of quaternary nitrogens is 1. The van der Waals surface area contributed by atoms with Crippen molar-refractivity contribution in [3.63, 3.8) is 0 Å². The van der Waals surface area contributed by atoms with Crippen molar-refractivity contribution in [2.24, 2.45) is 0 Å². The van der Waals surface area contributed by atoms with Crippen LogP contribution in [0.25, 0.3) is 0 Å². The molecule has 0 rings (SSSR count). The summed E-state index contributed by atoms with van der Waals surface area (Å²) < 4.78 is 34.2. The van der Waals surface area contributed by atoms with Crippen molar-refractivity contribution in [1.82, 2.24) is 0 Å². The van der Waals surface area contributed by atoms with E-state index in [0.717, 1.165) is 32.1 Å². The molecule has 0 aromatic carbocycles. The monoisotopic (exact) mass is 1100 g/mol.